The lowest BCUT2D eigenvalue weighted by Gasteiger charge is -2.31. The van der Waals surface area contributed by atoms with Crippen LogP contribution in [0.15, 0.2) is 22.7 Å². The highest BCUT2D eigenvalue weighted by Gasteiger charge is 2.27. The average molecular weight is 271 g/mol. The molecule has 1 aliphatic rings. The molecule has 1 aromatic carbocycles. The third-order valence-electron chi connectivity index (χ3n) is 3.12. The van der Waals surface area contributed by atoms with Gasteiger partial charge in [-0.2, -0.15) is 0 Å². The second-order valence-corrected chi connectivity index (χ2v) is 4.88. The molecule has 2 rings (SSSR count). The third kappa shape index (κ3) is 2.18. The molecule has 1 fully saturated rings. The molecule has 0 saturated heterocycles. The number of methoxy groups -OCH3 is 1. The first-order valence-electron chi connectivity index (χ1n) is 5.24. The van der Waals surface area contributed by atoms with Gasteiger partial charge >= 0.3 is 0 Å². The largest absolute Gasteiger partial charge is 0.497 e. The SMILES string of the molecule is COc1ccc(C(O)C2CCC2)c(Br)c1. The van der Waals surface area contributed by atoms with E-state index in [0.29, 0.717) is 5.92 Å². The van der Waals surface area contributed by atoms with Crippen LogP contribution in [0.5, 0.6) is 5.75 Å². The number of benzene rings is 1. The summed E-state index contributed by atoms with van der Waals surface area (Å²) in [7, 11) is 1.64. The Kier molecular flexibility index (Phi) is 3.32. The number of hydrogen-bond acceptors (Lipinski definition) is 2. The van der Waals surface area contributed by atoms with Crippen LogP contribution in [-0.2, 0) is 0 Å². The Hall–Kier alpha value is -0.540. The summed E-state index contributed by atoms with van der Waals surface area (Å²) in [4.78, 5) is 0. The Morgan fingerprint density at radius 1 is 1.47 bits per heavy atom. The van der Waals surface area contributed by atoms with Crippen molar-refractivity contribution >= 4 is 15.9 Å². The highest BCUT2D eigenvalue weighted by Crippen LogP contribution is 2.40. The number of hydrogen-bond donors (Lipinski definition) is 1. The fourth-order valence-electron chi connectivity index (χ4n) is 1.88. The maximum Gasteiger partial charge on any atom is 0.120 e. The molecule has 0 aromatic heterocycles. The van der Waals surface area contributed by atoms with Crippen molar-refractivity contribution in [2.24, 2.45) is 5.92 Å². The van der Waals surface area contributed by atoms with Gasteiger partial charge in [0.25, 0.3) is 0 Å². The highest BCUT2D eigenvalue weighted by atomic mass is 79.9. The minimum absolute atomic E-state index is 0.334. The van der Waals surface area contributed by atoms with Gasteiger partial charge in [0.15, 0.2) is 0 Å². The van der Waals surface area contributed by atoms with Gasteiger partial charge in [0, 0.05) is 4.47 Å². The summed E-state index contributed by atoms with van der Waals surface area (Å²) in [5, 5.41) is 10.1. The molecule has 1 aromatic rings. The van der Waals surface area contributed by atoms with Crippen molar-refractivity contribution in [1.82, 2.24) is 0 Å². The summed E-state index contributed by atoms with van der Waals surface area (Å²) in [6, 6.07) is 5.73. The third-order valence-corrected chi connectivity index (χ3v) is 3.81. The molecule has 82 valence electrons. The molecule has 1 saturated carbocycles. The molecule has 3 heteroatoms. The average Bonchev–Trinajstić information content (AvgIpc) is 2.14. The second-order valence-electron chi connectivity index (χ2n) is 4.02. The van der Waals surface area contributed by atoms with E-state index in [4.69, 9.17) is 4.74 Å². The van der Waals surface area contributed by atoms with Gasteiger partial charge < -0.3 is 9.84 Å². The summed E-state index contributed by atoms with van der Waals surface area (Å²) in [6.07, 6.45) is 3.19. The Bertz CT molecular complexity index is 347. The van der Waals surface area contributed by atoms with Gasteiger partial charge in [-0.15, -0.1) is 0 Å². The number of halogens is 1. The quantitative estimate of drug-likeness (QED) is 0.914. The number of aliphatic hydroxyl groups is 1. The fourth-order valence-corrected chi connectivity index (χ4v) is 2.48. The maximum atomic E-state index is 10.1. The summed E-state index contributed by atoms with van der Waals surface area (Å²) in [5.41, 5.74) is 0.973. The minimum atomic E-state index is -0.334. The van der Waals surface area contributed by atoms with E-state index in [1.807, 2.05) is 18.2 Å². The molecule has 15 heavy (non-hydrogen) atoms. The Balaban J connectivity index is 2.19. The molecule has 0 heterocycles. The van der Waals surface area contributed by atoms with E-state index in [2.05, 4.69) is 15.9 Å². The zero-order valence-corrected chi connectivity index (χ0v) is 10.3. The predicted octanol–water partition coefficient (Wildman–Crippen LogP) is 3.29. The van der Waals surface area contributed by atoms with Gasteiger partial charge in [0.05, 0.1) is 13.2 Å². The standard InChI is InChI=1S/C12H15BrO2/c1-15-9-5-6-10(11(13)7-9)12(14)8-3-2-4-8/h5-8,12,14H,2-4H2,1H3. The van der Waals surface area contributed by atoms with E-state index in [-0.39, 0.29) is 6.10 Å². The number of ether oxygens (including phenoxy) is 1. The van der Waals surface area contributed by atoms with E-state index >= 15 is 0 Å². The molecule has 0 aliphatic heterocycles. The van der Waals surface area contributed by atoms with E-state index in [1.54, 1.807) is 7.11 Å². The zero-order chi connectivity index (χ0) is 10.8. The molecular formula is C12H15BrO2. The normalized spacial score (nSPS) is 18.3. The summed E-state index contributed by atoms with van der Waals surface area (Å²) in [6.45, 7) is 0. The monoisotopic (exact) mass is 270 g/mol. The van der Waals surface area contributed by atoms with Gasteiger partial charge in [0.2, 0.25) is 0 Å². The molecule has 1 atom stereocenters. The summed E-state index contributed by atoms with van der Waals surface area (Å²) < 4.78 is 6.05. The molecular weight excluding hydrogens is 256 g/mol. The molecule has 2 nitrogen and oxygen atoms in total. The van der Waals surface area contributed by atoms with Gasteiger partial charge in [0.1, 0.15) is 5.75 Å². The first kappa shape index (κ1) is 11.0. The molecule has 0 amide bonds. The van der Waals surface area contributed by atoms with Crippen molar-refractivity contribution in [1.29, 1.82) is 0 Å². The smallest absolute Gasteiger partial charge is 0.120 e. The predicted molar refractivity (Wildman–Crippen MR) is 63.0 cm³/mol. The van der Waals surface area contributed by atoms with Crippen LogP contribution in [0, 0.1) is 5.92 Å². The lowest BCUT2D eigenvalue weighted by atomic mass is 9.79. The Labute approximate surface area is 98.4 Å². The van der Waals surface area contributed by atoms with Crippen LogP contribution in [0.3, 0.4) is 0 Å². The van der Waals surface area contributed by atoms with Crippen LogP contribution in [0.2, 0.25) is 0 Å². The van der Waals surface area contributed by atoms with Crippen molar-refractivity contribution in [2.45, 2.75) is 25.4 Å². The van der Waals surface area contributed by atoms with Gasteiger partial charge in [-0.25, -0.2) is 0 Å². The molecule has 1 N–H and O–H groups in total. The van der Waals surface area contributed by atoms with Gasteiger partial charge in [-0.3, -0.25) is 0 Å². The Morgan fingerprint density at radius 3 is 2.67 bits per heavy atom. The highest BCUT2D eigenvalue weighted by molar-refractivity contribution is 9.10. The van der Waals surface area contributed by atoms with Crippen molar-refractivity contribution in [3.05, 3.63) is 28.2 Å². The van der Waals surface area contributed by atoms with E-state index in [1.165, 1.54) is 6.42 Å². The van der Waals surface area contributed by atoms with Crippen LogP contribution in [0.25, 0.3) is 0 Å². The topological polar surface area (TPSA) is 29.5 Å². The zero-order valence-electron chi connectivity index (χ0n) is 8.74. The molecule has 1 aliphatic carbocycles. The maximum absolute atomic E-state index is 10.1. The van der Waals surface area contributed by atoms with Crippen LogP contribution in [-0.4, -0.2) is 12.2 Å². The van der Waals surface area contributed by atoms with E-state index in [9.17, 15) is 5.11 Å². The Morgan fingerprint density at radius 2 is 2.20 bits per heavy atom. The van der Waals surface area contributed by atoms with Crippen molar-refractivity contribution in [3.63, 3.8) is 0 Å². The van der Waals surface area contributed by atoms with Crippen LogP contribution in [0.4, 0.5) is 0 Å². The van der Waals surface area contributed by atoms with E-state index < -0.39 is 0 Å². The van der Waals surface area contributed by atoms with Crippen LogP contribution >= 0.6 is 15.9 Å². The fraction of sp³-hybridized carbons (Fsp3) is 0.500. The number of rotatable bonds is 3. The van der Waals surface area contributed by atoms with E-state index in [0.717, 1.165) is 28.6 Å². The van der Waals surface area contributed by atoms with Crippen molar-refractivity contribution in [3.8, 4) is 5.75 Å². The lowest BCUT2D eigenvalue weighted by molar-refractivity contribution is 0.0615. The van der Waals surface area contributed by atoms with Crippen LogP contribution in [0.1, 0.15) is 30.9 Å². The number of aliphatic hydroxyl groups excluding tert-OH is 1. The first-order chi connectivity index (χ1) is 7.22. The second kappa shape index (κ2) is 4.54. The summed E-state index contributed by atoms with van der Waals surface area (Å²) in [5.74, 6) is 1.25. The molecule has 1 unspecified atom stereocenters. The van der Waals surface area contributed by atoms with Crippen molar-refractivity contribution < 1.29 is 9.84 Å². The molecule has 0 bridgehead atoms. The molecule has 0 radical (unpaired) electrons. The van der Waals surface area contributed by atoms with Crippen molar-refractivity contribution in [2.75, 3.05) is 7.11 Å². The van der Waals surface area contributed by atoms with Crippen LogP contribution < -0.4 is 4.74 Å². The first-order valence-corrected chi connectivity index (χ1v) is 6.03. The summed E-state index contributed by atoms with van der Waals surface area (Å²) >= 11 is 3.47. The lowest BCUT2D eigenvalue weighted by Crippen LogP contribution is -2.20. The van der Waals surface area contributed by atoms with Gasteiger partial charge in [-0.1, -0.05) is 28.4 Å². The van der Waals surface area contributed by atoms with Gasteiger partial charge in [-0.05, 0) is 36.5 Å². The molecule has 0 spiro atoms. The minimum Gasteiger partial charge on any atom is -0.497 e.